The first-order chi connectivity index (χ1) is 19.9. The number of Topliss-reactive ketones (excluding diaryl/α,β-unsaturated/α-hetero) is 1. The van der Waals surface area contributed by atoms with E-state index in [0.717, 1.165) is 5.56 Å². The molecule has 0 fully saturated rings. The van der Waals surface area contributed by atoms with Gasteiger partial charge in [-0.25, -0.2) is 9.80 Å². The van der Waals surface area contributed by atoms with Crippen molar-refractivity contribution >= 4 is 39.2 Å². The fraction of sp³-hybridized carbons (Fsp3) is 0.630. The molecule has 0 aliphatic rings. The Balaban J connectivity index is 2.75. The molecule has 6 atom stereocenters. The molecule has 0 aromatic heterocycles. The number of carbonyl (C=O) groups is 3. The monoisotopic (exact) mass is 648 g/mol. The molecule has 1 aromatic carbocycles. The van der Waals surface area contributed by atoms with Crippen molar-refractivity contribution in [3.63, 3.8) is 0 Å². The topological polar surface area (TPSA) is 219 Å². The van der Waals surface area contributed by atoms with Crippen molar-refractivity contribution in [2.75, 3.05) is 13.6 Å². The first kappa shape index (κ1) is 38.6. The molecule has 0 bridgehead atoms. The van der Waals surface area contributed by atoms with Gasteiger partial charge in [-0.15, -0.1) is 0 Å². The lowest BCUT2D eigenvalue weighted by atomic mass is 9.97. The van der Waals surface area contributed by atoms with Gasteiger partial charge in [0.2, 0.25) is 5.91 Å². The molecule has 0 aliphatic carbocycles. The van der Waals surface area contributed by atoms with Crippen LogP contribution >= 0.6 is 15.2 Å². The van der Waals surface area contributed by atoms with Gasteiger partial charge in [0.25, 0.3) is 0 Å². The molecule has 0 saturated carbocycles. The molecular weight excluding hydrogens is 602 g/mol. The summed E-state index contributed by atoms with van der Waals surface area (Å²) in [6.45, 7) is 8.12. The summed E-state index contributed by atoms with van der Waals surface area (Å²) in [5.74, 6) is -1.08. The van der Waals surface area contributed by atoms with Crippen LogP contribution in [0.5, 0.6) is 0 Å². The lowest BCUT2D eigenvalue weighted by Crippen LogP contribution is -3.04. The van der Waals surface area contributed by atoms with Gasteiger partial charge >= 0.3 is 13.7 Å². The molecule has 1 rings (SSSR count). The summed E-state index contributed by atoms with van der Waals surface area (Å²) in [5, 5.41) is 8.18. The van der Waals surface area contributed by atoms with Crippen LogP contribution in [0.4, 0.5) is 4.79 Å². The van der Waals surface area contributed by atoms with Crippen LogP contribution in [0.15, 0.2) is 35.4 Å². The summed E-state index contributed by atoms with van der Waals surface area (Å²) in [5.41, 5.74) is 0.815. The molecule has 0 spiro atoms. The Morgan fingerprint density at radius 3 is 2.26 bits per heavy atom. The quantitative estimate of drug-likeness (QED) is 0.0714. The third-order valence-electron chi connectivity index (χ3n) is 6.68. The highest BCUT2D eigenvalue weighted by atomic mass is 31.2. The van der Waals surface area contributed by atoms with E-state index < -0.39 is 51.0 Å². The second-order valence-electron chi connectivity index (χ2n) is 11.1. The number of rotatable bonds is 19. The van der Waals surface area contributed by atoms with Crippen LogP contribution < -0.4 is 20.5 Å². The van der Waals surface area contributed by atoms with E-state index in [1.165, 1.54) is 0 Å². The molecule has 244 valence electrons. The van der Waals surface area contributed by atoms with Crippen molar-refractivity contribution in [1.82, 2.24) is 10.6 Å². The van der Waals surface area contributed by atoms with E-state index in [2.05, 4.69) is 15.7 Å². The number of benzene rings is 1. The van der Waals surface area contributed by atoms with Crippen LogP contribution in [-0.4, -0.2) is 69.8 Å². The van der Waals surface area contributed by atoms with Gasteiger partial charge in [-0.3, -0.25) is 14.2 Å². The number of hydrogen-bond donors (Lipinski definition) is 6. The largest absolute Gasteiger partial charge is 0.778 e. The second-order valence-corrected chi connectivity index (χ2v) is 15.0. The molecule has 1 aromatic rings. The normalized spacial score (nSPS) is 17.0. The van der Waals surface area contributed by atoms with E-state index in [4.69, 9.17) is 19.4 Å². The molecule has 3 unspecified atom stereocenters. The Hall–Kier alpha value is -2.44. The summed E-state index contributed by atoms with van der Waals surface area (Å²) >= 11 is 0. The van der Waals surface area contributed by atoms with Gasteiger partial charge in [0, 0.05) is 19.3 Å². The van der Waals surface area contributed by atoms with Gasteiger partial charge < -0.3 is 39.5 Å². The zero-order valence-corrected chi connectivity index (χ0v) is 27.1. The number of alkyl carbamates (subject to hydrolysis) is 1. The number of quaternary nitrogens is 1. The highest BCUT2D eigenvalue weighted by Crippen LogP contribution is 2.59. The molecule has 0 saturated heterocycles. The van der Waals surface area contributed by atoms with Crippen molar-refractivity contribution < 1.29 is 52.8 Å². The smallest absolute Gasteiger partial charge is 0.408 e. The Kier molecular flexibility index (Phi) is 16.5. The van der Waals surface area contributed by atoms with Crippen molar-refractivity contribution in [2.45, 2.75) is 83.9 Å². The number of amides is 2. The van der Waals surface area contributed by atoms with Crippen LogP contribution in [0.1, 0.15) is 65.4 Å². The molecule has 6 N–H and O–H groups in total. The van der Waals surface area contributed by atoms with E-state index >= 15 is 0 Å². The van der Waals surface area contributed by atoms with Gasteiger partial charge in [0.1, 0.15) is 38.0 Å². The van der Waals surface area contributed by atoms with Crippen LogP contribution in [0, 0.1) is 11.8 Å². The van der Waals surface area contributed by atoms with Crippen molar-refractivity contribution in [1.29, 1.82) is 0 Å². The average molecular weight is 649 g/mol. The molecule has 14 nitrogen and oxygen atoms in total. The molecule has 43 heavy (non-hydrogen) atoms. The van der Waals surface area contributed by atoms with E-state index in [-0.39, 0.29) is 37.2 Å². The number of nitrogens with one attached hydrogen (secondary N) is 3. The molecule has 16 heteroatoms. The van der Waals surface area contributed by atoms with Gasteiger partial charge in [0.05, 0.1) is 19.3 Å². The highest BCUT2D eigenvalue weighted by molar-refractivity contribution is 7.70. The van der Waals surface area contributed by atoms with E-state index in [9.17, 15) is 28.4 Å². The Labute approximate surface area is 253 Å². The highest BCUT2D eigenvalue weighted by Gasteiger charge is 2.38. The third kappa shape index (κ3) is 15.7. The Morgan fingerprint density at radius 2 is 1.72 bits per heavy atom. The van der Waals surface area contributed by atoms with E-state index in [1.807, 2.05) is 58.0 Å². The average Bonchev–Trinajstić information content (AvgIpc) is 2.90. The standard InChI is InChI=1S/C27H46N4O10P2/c1-6-20(4)25(30-27(34)41-18-21-11-8-7-9-12-21)26(33)29-22(15-19(2)3)17-28-31(5)14-10-13-23(32)16-24(42(35,36)37)43(38,39)40/h7-9,11-12,17,19-20,22,24-25H,6,10,13-16,18H2,1-5H3,(H,29,33)(H,30,34)(H2,35,36,37)(H2,38,39,40)/b28-17+/t20-,22-,25-/m0/s1. The van der Waals surface area contributed by atoms with Gasteiger partial charge in [-0.1, -0.05) is 69.5 Å². The van der Waals surface area contributed by atoms with E-state index in [0.29, 0.717) is 24.4 Å². The minimum Gasteiger partial charge on any atom is -0.778 e. The number of ketones is 1. The van der Waals surface area contributed by atoms with Crippen LogP contribution in [0.25, 0.3) is 0 Å². The summed E-state index contributed by atoms with van der Waals surface area (Å²) in [4.78, 5) is 76.6. The molecule has 0 aliphatic heterocycles. The molecule has 0 heterocycles. The first-order valence-electron chi connectivity index (χ1n) is 14.2. The van der Waals surface area contributed by atoms with Gasteiger partial charge in [0.15, 0.2) is 0 Å². The molecule has 0 radical (unpaired) electrons. The number of hydrogen-bond acceptors (Lipinski definition) is 8. The van der Waals surface area contributed by atoms with Crippen molar-refractivity contribution in [3.05, 3.63) is 35.9 Å². The summed E-state index contributed by atoms with van der Waals surface area (Å²) in [6, 6.07) is 7.87. The fourth-order valence-corrected chi connectivity index (χ4v) is 6.48. The Bertz CT molecular complexity index is 1130. The van der Waals surface area contributed by atoms with E-state index in [1.54, 1.807) is 13.3 Å². The lowest BCUT2D eigenvalue weighted by Gasteiger charge is -2.27. The maximum Gasteiger partial charge on any atom is 0.408 e. The van der Waals surface area contributed by atoms with Crippen LogP contribution in [-0.2, 0) is 30.1 Å². The number of nitrogens with zero attached hydrogens (tertiary/aromatic N) is 1. The predicted molar refractivity (Wildman–Crippen MR) is 159 cm³/mol. The Morgan fingerprint density at radius 1 is 1.09 bits per heavy atom. The van der Waals surface area contributed by atoms with Crippen molar-refractivity contribution in [3.8, 4) is 0 Å². The van der Waals surface area contributed by atoms with Gasteiger partial charge in [-0.05, 0) is 23.8 Å². The summed E-state index contributed by atoms with van der Waals surface area (Å²) in [6.07, 6.45) is 1.14. The lowest BCUT2D eigenvalue weighted by molar-refractivity contribution is -0.886. The zero-order chi connectivity index (χ0) is 32.8. The number of ether oxygens (including phenoxy) is 1. The SMILES string of the molecule is CC[C@H](C)[C@H](NC(=O)OCc1ccccc1)C(=O)N[C@H](/C=N/[NH+](C)CCCC(=O)CC(P(=O)([O-])O)P(=O)(O)O)CC(C)C. The third-order valence-corrected chi connectivity index (χ3v) is 10.4. The van der Waals surface area contributed by atoms with Crippen LogP contribution in [0.3, 0.4) is 0 Å². The zero-order valence-electron chi connectivity index (χ0n) is 25.3. The summed E-state index contributed by atoms with van der Waals surface area (Å²) in [7, 11) is -8.94. The minimum atomic E-state index is -5.42. The second kappa shape index (κ2) is 18.4. The minimum absolute atomic E-state index is 0.0655. The van der Waals surface area contributed by atoms with Crippen molar-refractivity contribution in [2.24, 2.45) is 16.9 Å². The number of carbonyl (C=O) groups excluding carboxylic acids is 3. The first-order valence-corrected chi connectivity index (χ1v) is 17.5. The maximum atomic E-state index is 13.3. The fourth-order valence-electron chi connectivity index (χ4n) is 4.08. The molecule has 2 amide bonds. The summed E-state index contributed by atoms with van der Waals surface area (Å²) < 4.78 is 27.9. The maximum absolute atomic E-state index is 13.3. The van der Waals surface area contributed by atoms with Crippen LogP contribution in [0.2, 0.25) is 0 Å². The predicted octanol–water partition coefficient (Wildman–Crippen LogP) is 1.15. The molecular formula is C27H46N4O10P2. The van der Waals surface area contributed by atoms with Gasteiger partial charge in [-0.2, -0.15) is 0 Å².